The molecule has 1 aromatic heterocycles. The molecule has 1 aliphatic heterocycles. The number of hydrogen-bond donors (Lipinski definition) is 0. The van der Waals surface area contributed by atoms with Crippen molar-refractivity contribution in [3.05, 3.63) is 59.9 Å². The highest BCUT2D eigenvalue weighted by Gasteiger charge is 2.22. The molecule has 128 valence electrons. The van der Waals surface area contributed by atoms with Crippen molar-refractivity contribution in [1.29, 1.82) is 0 Å². The molecule has 25 heavy (non-hydrogen) atoms. The molecule has 4 nitrogen and oxygen atoms in total. The molecule has 2 heterocycles. The van der Waals surface area contributed by atoms with Crippen LogP contribution in [-0.2, 0) is 6.42 Å². The number of imidazole rings is 1. The second-order valence-corrected chi connectivity index (χ2v) is 6.01. The van der Waals surface area contributed by atoms with Crippen LogP contribution in [-0.4, -0.2) is 22.8 Å². The fourth-order valence-electron chi connectivity index (χ4n) is 3.14. The Morgan fingerprint density at radius 3 is 2.68 bits per heavy atom. The normalized spacial score (nSPS) is 15.8. The first-order valence-corrected chi connectivity index (χ1v) is 7.93. The van der Waals surface area contributed by atoms with Crippen LogP contribution >= 0.6 is 0 Å². The highest BCUT2D eigenvalue weighted by Crippen LogP contribution is 2.33. The quantitative estimate of drug-likeness (QED) is 0.717. The van der Waals surface area contributed by atoms with Gasteiger partial charge in [0, 0.05) is 36.6 Å². The van der Waals surface area contributed by atoms with Gasteiger partial charge in [0.15, 0.2) is 0 Å². The van der Waals surface area contributed by atoms with E-state index in [4.69, 9.17) is 9.47 Å². The Labute approximate surface area is 143 Å². The standard InChI is InChI=1S/C19H16F2N2O2/c1-11-7-12-8-13(3-4-17(12)25-11)23-6-5-22-19(23)18-15(20)9-14(24-2)10-16(18)21/h3-6,8-11H,7H2,1-2H3. The molecule has 0 N–H and O–H groups in total. The molecule has 0 saturated heterocycles. The lowest BCUT2D eigenvalue weighted by Crippen LogP contribution is -2.05. The van der Waals surface area contributed by atoms with Crippen LogP contribution in [0.4, 0.5) is 8.78 Å². The third-order valence-corrected chi connectivity index (χ3v) is 4.27. The largest absolute Gasteiger partial charge is 0.497 e. The Balaban J connectivity index is 1.82. The van der Waals surface area contributed by atoms with E-state index in [2.05, 4.69) is 4.98 Å². The molecule has 0 saturated carbocycles. The van der Waals surface area contributed by atoms with Crippen molar-refractivity contribution in [2.24, 2.45) is 0 Å². The van der Waals surface area contributed by atoms with E-state index in [1.165, 1.54) is 13.3 Å². The summed E-state index contributed by atoms with van der Waals surface area (Å²) in [5.74, 6) is -0.269. The summed E-state index contributed by atoms with van der Waals surface area (Å²) in [6.07, 6.45) is 4.13. The van der Waals surface area contributed by atoms with Gasteiger partial charge in [-0.3, -0.25) is 4.57 Å². The highest BCUT2D eigenvalue weighted by molar-refractivity contribution is 5.62. The Bertz CT molecular complexity index is 929. The van der Waals surface area contributed by atoms with Gasteiger partial charge in [-0.2, -0.15) is 0 Å². The summed E-state index contributed by atoms with van der Waals surface area (Å²) >= 11 is 0. The van der Waals surface area contributed by atoms with Crippen LogP contribution < -0.4 is 9.47 Å². The molecule has 6 heteroatoms. The van der Waals surface area contributed by atoms with Gasteiger partial charge in [0.2, 0.25) is 0 Å². The van der Waals surface area contributed by atoms with Crippen molar-refractivity contribution in [2.75, 3.05) is 7.11 Å². The molecule has 0 amide bonds. The maximum atomic E-state index is 14.4. The van der Waals surface area contributed by atoms with Crippen molar-refractivity contribution < 1.29 is 18.3 Å². The molecule has 4 rings (SSSR count). The Kier molecular flexibility index (Phi) is 3.67. The molecule has 2 aromatic carbocycles. The summed E-state index contributed by atoms with van der Waals surface area (Å²) in [5.41, 5.74) is 1.66. The first-order valence-electron chi connectivity index (χ1n) is 7.93. The number of aromatic nitrogens is 2. The van der Waals surface area contributed by atoms with Crippen molar-refractivity contribution in [3.8, 4) is 28.6 Å². The summed E-state index contributed by atoms with van der Waals surface area (Å²) in [6.45, 7) is 2.00. The van der Waals surface area contributed by atoms with Crippen molar-refractivity contribution >= 4 is 0 Å². The van der Waals surface area contributed by atoms with Gasteiger partial charge in [0.25, 0.3) is 0 Å². The topological polar surface area (TPSA) is 36.3 Å². The third-order valence-electron chi connectivity index (χ3n) is 4.27. The number of ether oxygens (including phenoxy) is 2. The van der Waals surface area contributed by atoms with Crippen LogP contribution in [0.2, 0.25) is 0 Å². The minimum Gasteiger partial charge on any atom is -0.497 e. The van der Waals surface area contributed by atoms with Gasteiger partial charge in [-0.1, -0.05) is 0 Å². The van der Waals surface area contributed by atoms with Crippen molar-refractivity contribution in [1.82, 2.24) is 9.55 Å². The van der Waals surface area contributed by atoms with Crippen LogP contribution in [0, 0.1) is 11.6 Å². The summed E-state index contributed by atoms with van der Waals surface area (Å²) < 4.78 is 41.1. The average Bonchev–Trinajstić information content (AvgIpc) is 3.18. The van der Waals surface area contributed by atoms with Gasteiger partial charge in [-0.05, 0) is 30.7 Å². The highest BCUT2D eigenvalue weighted by atomic mass is 19.1. The number of hydrogen-bond acceptors (Lipinski definition) is 3. The summed E-state index contributed by atoms with van der Waals surface area (Å²) in [4.78, 5) is 4.16. The van der Waals surface area contributed by atoms with E-state index in [1.807, 2.05) is 25.1 Å². The zero-order chi connectivity index (χ0) is 17.6. The van der Waals surface area contributed by atoms with E-state index in [1.54, 1.807) is 10.8 Å². The lowest BCUT2D eigenvalue weighted by molar-refractivity contribution is 0.254. The predicted octanol–water partition coefficient (Wildman–Crippen LogP) is 4.15. The number of nitrogens with zero attached hydrogens (tertiary/aromatic N) is 2. The van der Waals surface area contributed by atoms with E-state index in [0.29, 0.717) is 0 Å². The molecule has 0 fully saturated rings. The SMILES string of the molecule is COc1cc(F)c(-c2nccn2-c2ccc3c(c2)CC(C)O3)c(F)c1. The lowest BCUT2D eigenvalue weighted by Gasteiger charge is -2.11. The molecule has 0 aliphatic carbocycles. The number of fused-ring (bicyclic) bond motifs is 1. The number of rotatable bonds is 3. The monoisotopic (exact) mass is 342 g/mol. The summed E-state index contributed by atoms with van der Waals surface area (Å²) in [6, 6.07) is 7.98. The molecule has 1 unspecified atom stereocenters. The first-order chi connectivity index (χ1) is 12.1. The van der Waals surface area contributed by atoms with E-state index < -0.39 is 11.6 Å². The fraction of sp³-hybridized carbons (Fsp3) is 0.211. The van der Waals surface area contributed by atoms with E-state index in [9.17, 15) is 8.78 Å². The zero-order valence-corrected chi connectivity index (χ0v) is 13.8. The molecular weight excluding hydrogens is 326 g/mol. The molecule has 0 spiro atoms. The molecule has 1 atom stereocenters. The van der Waals surface area contributed by atoms with Crippen LogP contribution in [0.1, 0.15) is 12.5 Å². The number of benzene rings is 2. The Hall–Kier alpha value is -2.89. The third kappa shape index (κ3) is 2.63. The first kappa shape index (κ1) is 15.6. The fourth-order valence-corrected chi connectivity index (χ4v) is 3.14. The predicted molar refractivity (Wildman–Crippen MR) is 89.3 cm³/mol. The molecule has 0 radical (unpaired) electrons. The second kappa shape index (κ2) is 5.88. The van der Waals surface area contributed by atoms with E-state index in [0.717, 1.165) is 35.6 Å². The number of methoxy groups -OCH3 is 1. The summed E-state index contributed by atoms with van der Waals surface area (Å²) in [7, 11) is 1.36. The Morgan fingerprint density at radius 2 is 1.96 bits per heavy atom. The summed E-state index contributed by atoms with van der Waals surface area (Å²) in [5, 5.41) is 0. The minimum atomic E-state index is -0.720. The van der Waals surface area contributed by atoms with Gasteiger partial charge in [0.05, 0.1) is 12.7 Å². The molecule has 1 aliphatic rings. The lowest BCUT2D eigenvalue weighted by atomic mass is 10.1. The molecule has 0 bridgehead atoms. The van der Waals surface area contributed by atoms with Crippen molar-refractivity contribution in [2.45, 2.75) is 19.4 Å². The molecule has 3 aromatic rings. The Morgan fingerprint density at radius 1 is 1.20 bits per heavy atom. The van der Waals surface area contributed by atoms with Crippen LogP contribution in [0.15, 0.2) is 42.7 Å². The average molecular weight is 342 g/mol. The zero-order valence-electron chi connectivity index (χ0n) is 13.8. The van der Waals surface area contributed by atoms with Gasteiger partial charge < -0.3 is 9.47 Å². The van der Waals surface area contributed by atoms with Crippen LogP contribution in [0.3, 0.4) is 0 Å². The van der Waals surface area contributed by atoms with Gasteiger partial charge in [-0.15, -0.1) is 0 Å². The maximum Gasteiger partial charge on any atom is 0.150 e. The maximum absolute atomic E-state index is 14.4. The van der Waals surface area contributed by atoms with Crippen LogP contribution in [0.5, 0.6) is 11.5 Å². The van der Waals surface area contributed by atoms with E-state index >= 15 is 0 Å². The van der Waals surface area contributed by atoms with Gasteiger partial charge >= 0.3 is 0 Å². The minimum absolute atomic E-state index is 0.125. The van der Waals surface area contributed by atoms with Gasteiger partial charge in [0.1, 0.15) is 35.1 Å². The smallest absolute Gasteiger partial charge is 0.150 e. The van der Waals surface area contributed by atoms with Gasteiger partial charge in [-0.25, -0.2) is 13.8 Å². The van der Waals surface area contributed by atoms with E-state index in [-0.39, 0.29) is 23.2 Å². The second-order valence-electron chi connectivity index (χ2n) is 6.01. The molecular formula is C19H16F2N2O2. The van der Waals surface area contributed by atoms with Crippen LogP contribution in [0.25, 0.3) is 17.1 Å². The number of halogens is 2. The van der Waals surface area contributed by atoms with Crippen molar-refractivity contribution in [3.63, 3.8) is 0 Å².